The summed E-state index contributed by atoms with van der Waals surface area (Å²) in [5.74, 6) is 0.209. The summed E-state index contributed by atoms with van der Waals surface area (Å²) in [6, 6.07) is 15.8. The molecule has 0 spiro atoms. The normalized spacial score (nSPS) is 11.7. The van der Waals surface area contributed by atoms with Gasteiger partial charge in [0.1, 0.15) is 6.33 Å². The van der Waals surface area contributed by atoms with Gasteiger partial charge in [0.25, 0.3) is 0 Å². The molecule has 1 amide bonds. The van der Waals surface area contributed by atoms with Gasteiger partial charge in [-0.15, -0.1) is 0 Å². The molecule has 8 heteroatoms. The molecule has 3 heterocycles. The topological polar surface area (TPSA) is 102 Å². The summed E-state index contributed by atoms with van der Waals surface area (Å²) >= 11 is 0. The fraction of sp³-hybridized carbons (Fsp3) is 0.200. The Morgan fingerprint density at radius 3 is 2.61 bits per heavy atom. The molecule has 5 rings (SSSR count). The minimum absolute atomic E-state index is 0.138. The fourth-order valence-corrected chi connectivity index (χ4v) is 3.64. The van der Waals surface area contributed by atoms with Crippen molar-refractivity contribution < 1.29 is 9.32 Å². The zero-order chi connectivity index (χ0) is 23.0. The number of aromatic amines is 1. The van der Waals surface area contributed by atoms with Gasteiger partial charge >= 0.3 is 0 Å². The monoisotopic (exact) mass is 440 g/mol. The summed E-state index contributed by atoms with van der Waals surface area (Å²) < 4.78 is 7.27. The number of nitrogens with zero attached hydrogens (tertiary/aromatic N) is 4. The van der Waals surface area contributed by atoms with Crippen LogP contribution in [0.4, 0.5) is 5.88 Å². The van der Waals surface area contributed by atoms with Crippen LogP contribution >= 0.6 is 0 Å². The molecule has 0 aliphatic carbocycles. The van der Waals surface area contributed by atoms with Gasteiger partial charge in [-0.2, -0.15) is 5.10 Å². The predicted molar refractivity (Wildman–Crippen MR) is 126 cm³/mol. The van der Waals surface area contributed by atoms with Crippen molar-refractivity contribution >= 4 is 22.8 Å². The van der Waals surface area contributed by atoms with E-state index in [1.54, 1.807) is 12.3 Å². The van der Waals surface area contributed by atoms with E-state index in [9.17, 15) is 4.79 Å². The van der Waals surface area contributed by atoms with Gasteiger partial charge in [0.05, 0.1) is 29.3 Å². The van der Waals surface area contributed by atoms with E-state index in [0.29, 0.717) is 5.88 Å². The van der Waals surface area contributed by atoms with E-state index in [1.807, 2.05) is 68.2 Å². The summed E-state index contributed by atoms with van der Waals surface area (Å²) in [5.41, 5.74) is 6.53. The van der Waals surface area contributed by atoms with E-state index in [-0.39, 0.29) is 17.7 Å². The van der Waals surface area contributed by atoms with Crippen LogP contribution in [0.2, 0.25) is 0 Å². The largest absolute Gasteiger partial charge is 0.338 e. The van der Waals surface area contributed by atoms with Crippen LogP contribution in [0.5, 0.6) is 0 Å². The second kappa shape index (κ2) is 8.05. The highest BCUT2D eigenvalue weighted by atomic mass is 16.5. The van der Waals surface area contributed by atoms with Gasteiger partial charge in [0, 0.05) is 28.9 Å². The number of anilines is 1. The Bertz CT molecular complexity index is 1410. The number of aromatic nitrogens is 5. The lowest BCUT2D eigenvalue weighted by Crippen LogP contribution is -2.14. The van der Waals surface area contributed by atoms with Crippen molar-refractivity contribution in [2.45, 2.75) is 32.6 Å². The van der Waals surface area contributed by atoms with Crippen LogP contribution in [0, 0.1) is 0 Å². The van der Waals surface area contributed by atoms with E-state index in [4.69, 9.17) is 4.52 Å². The van der Waals surface area contributed by atoms with Crippen LogP contribution in [0.15, 0.2) is 71.8 Å². The first-order valence-electron chi connectivity index (χ1n) is 10.7. The Labute approximate surface area is 190 Å². The van der Waals surface area contributed by atoms with Crippen molar-refractivity contribution in [1.82, 2.24) is 24.9 Å². The Morgan fingerprint density at radius 1 is 1.09 bits per heavy atom. The van der Waals surface area contributed by atoms with Gasteiger partial charge in [0.2, 0.25) is 11.8 Å². The van der Waals surface area contributed by atoms with Crippen LogP contribution in [-0.2, 0) is 16.6 Å². The molecule has 0 saturated carbocycles. The summed E-state index contributed by atoms with van der Waals surface area (Å²) in [4.78, 5) is 17.0. The molecular formula is C25H24N6O2. The maximum absolute atomic E-state index is 12.4. The fourth-order valence-electron chi connectivity index (χ4n) is 3.64. The SMILES string of the molecule is CC(C)(C)c1cc(NC(=O)Cc2ccc(-n3cnc4cc(-c5cn[nH]c5)ccc43)cc2)on1. The summed E-state index contributed by atoms with van der Waals surface area (Å²) in [6.07, 6.45) is 5.70. The molecule has 0 fully saturated rings. The van der Waals surface area contributed by atoms with E-state index >= 15 is 0 Å². The highest BCUT2D eigenvalue weighted by molar-refractivity contribution is 5.91. The first kappa shape index (κ1) is 20.7. The van der Waals surface area contributed by atoms with Gasteiger partial charge in [-0.1, -0.05) is 44.1 Å². The van der Waals surface area contributed by atoms with Gasteiger partial charge in [-0.05, 0) is 35.4 Å². The maximum Gasteiger partial charge on any atom is 0.231 e. The Hall–Kier alpha value is -4.20. The summed E-state index contributed by atoms with van der Waals surface area (Å²) in [6.45, 7) is 6.12. The first-order valence-corrected chi connectivity index (χ1v) is 10.7. The summed E-state index contributed by atoms with van der Waals surface area (Å²) in [5, 5.41) is 13.6. The minimum Gasteiger partial charge on any atom is -0.338 e. The van der Waals surface area contributed by atoms with Gasteiger partial charge in [0.15, 0.2) is 0 Å². The van der Waals surface area contributed by atoms with Crippen molar-refractivity contribution in [3.63, 3.8) is 0 Å². The van der Waals surface area contributed by atoms with Crippen molar-refractivity contribution in [2.24, 2.45) is 0 Å². The van der Waals surface area contributed by atoms with E-state index in [2.05, 4.69) is 37.8 Å². The number of benzene rings is 2. The zero-order valence-electron chi connectivity index (χ0n) is 18.7. The van der Waals surface area contributed by atoms with Crippen LogP contribution in [-0.4, -0.2) is 30.8 Å². The minimum atomic E-state index is -0.154. The standard InChI is InChI=1S/C25H24N6O2/c1-25(2,3)22-12-24(33-30-22)29-23(32)10-16-4-7-19(8-5-16)31-15-26-20-11-17(6-9-21(20)31)18-13-27-28-14-18/h4-9,11-15H,10H2,1-3H3,(H,27,28)(H,29,32). The van der Waals surface area contributed by atoms with Gasteiger partial charge in [-0.25, -0.2) is 4.98 Å². The molecule has 166 valence electrons. The molecule has 5 aromatic rings. The average molecular weight is 441 g/mol. The van der Waals surface area contributed by atoms with Crippen molar-refractivity contribution in [2.75, 3.05) is 5.32 Å². The molecule has 0 bridgehead atoms. The number of rotatable bonds is 5. The molecule has 0 radical (unpaired) electrons. The molecule has 0 aliphatic heterocycles. The van der Waals surface area contributed by atoms with Crippen molar-refractivity contribution in [3.05, 3.63) is 78.5 Å². The van der Waals surface area contributed by atoms with E-state index < -0.39 is 0 Å². The molecule has 0 atom stereocenters. The number of carbonyl (C=O) groups is 1. The molecule has 2 aromatic carbocycles. The molecule has 2 N–H and O–H groups in total. The predicted octanol–water partition coefficient (Wildman–Crippen LogP) is 4.88. The third-order valence-corrected chi connectivity index (χ3v) is 5.50. The highest BCUT2D eigenvalue weighted by Crippen LogP contribution is 2.26. The molecule has 3 aromatic heterocycles. The molecule has 8 nitrogen and oxygen atoms in total. The number of carbonyl (C=O) groups excluding carboxylic acids is 1. The molecule has 33 heavy (non-hydrogen) atoms. The van der Waals surface area contributed by atoms with Crippen molar-refractivity contribution in [1.29, 1.82) is 0 Å². The van der Waals surface area contributed by atoms with Gasteiger partial charge in [-0.3, -0.25) is 19.8 Å². The third kappa shape index (κ3) is 4.27. The lowest BCUT2D eigenvalue weighted by molar-refractivity contribution is -0.115. The molecule has 0 aliphatic rings. The number of H-pyrrole nitrogens is 1. The Kier molecular flexibility index (Phi) is 5.05. The number of hydrogen-bond acceptors (Lipinski definition) is 5. The second-order valence-electron chi connectivity index (χ2n) is 9.02. The lowest BCUT2D eigenvalue weighted by atomic mass is 9.92. The first-order chi connectivity index (χ1) is 15.9. The van der Waals surface area contributed by atoms with Gasteiger partial charge < -0.3 is 4.52 Å². The number of amides is 1. The number of imidazole rings is 1. The maximum atomic E-state index is 12.4. The quantitative estimate of drug-likeness (QED) is 0.405. The van der Waals surface area contributed by atoms with Crippen molar-refractivity contribution in [3.8, 4) is 16.8 Å². The number of nitrogens with one attached hydrogen (secondary N) is 2. The van der Waals surface area contributed by atoms with E-state index in [1.165, 1.54) is 0 Å². The van der Waals surface area contributed by atoms with Crippen LogP contribution in [0.3, 0.4) is 0 Å². The van der Waals surface area contributed by atoms with Crippen LogP contribution < -0.4 is 5.32 Å². The lowest BCUT2D eigenvalue weighted by Gasteiger charge is -2.12. The molecule has 0 saturated heterocycles. The van der Waals surface area contributed by atoms with Crippen LogP contribution in [0.25, 0.3) is 27.8 Å². The number of fused-ring (bicyclic) bond motifs is 1. The average Bonchev–Trinajstić information content (AvgIpc) is 3.54. The Morgan fingerprint density at radius 2 is 1.91 bits per heavy atom. The highest BCUT2D eigenvalue weighted by Gasteiger charge is 2.19. The smallest absolute Gasteiger partial charge is 0.231 e. The zero-order valence-corrected chi connectivity index (χ0v) is 18.7. The Balaban J connectivity index is 1.29. The molecule has 0 unspecified atom stereocenters. The molecular weight excluding hydrogens is 416 g/mol. The number of hydrogen-bond donors (Lipinski definition) is 2. The van der Waals surface area contributed by atoms with E-state index in [0.717, 1.165) is 39.1 Å². The second-order valence-corrected chi connectivity index (χ2v) is 9.02. The van der Waals surface area contributed by atoms with Crippen LogP contribution in [0.1, 0.15) is 32.0 Å². The summed E-state index contributed by atoms with van der Waals surface area (Å²) in [7, 11) is 0. The third-order valence-electron chi connectivity index (χ3n) is 5.50.